The smallest absolute Gasteiger partial charge is 0.325 e. The Kier molecular flexibility index (Phi) is 3.41. The van der Waals surface area contributed by atoms with Crippen molar-refractivity contribution in [2.24, 2.45) is 0 Å². The number of anilines is 1. The van der Waals surface area contributed by atoms with Gasteiger partial charge >= 0.3 is 5.69 Å². The van der Waals surface area contributed by atoms with Gasteiger partial charge in [-0.3, -0.25) is 4.98 Å². The molecular weight excluding hydrogens is 288 g/mol. The fourth-order valence-corrected chi connectivity index (χ4v) is 3.34. The van der Waals surface area contributed by atoms with Crippen LogP contribution >= 0.6 is 0 Å². The average Bonchev–Trinajstić information content (AvgIpc) is 2.94. The van der Waals surface area contributed by atoms with Gasteiger partial charge in [0, 0.05) is 24.3 Å². The number of fused-ring (bicyclic) bond motifs is 1. The highest BCUT2D eigenvalue weighted by Crippen LogP contribution is 2.27. The summed E-state index contributed by atoms with van der Waals surface area (Å²) in [5.74, 6) is 0. The maximum Gasteiger partial charge on any atom is 0.325 e. The van der Waals surface area contributed by atoms with Crippen LogP contribution < -0.4 is 10.6 Å². The van der Waals surface area contributed by atoms with Crippen LogP contribution in [0.3, 0.4) is 0 Å². The van der Waals surface area contributed by atoms with Crippen LogP contribution in [0.1, 0.15) is 24.8 Å². The van der Waals surface area contributed by atoms with Gasteiger partial charge in [0.1, 0.15) is 0 Å². The molecule has 5 nitrogen and oxygen atoms in total. The van der Waals surface area contributed by atoms with Gasteiger partial charge in [-0.25, -0.2) is 9.78 Å². The third kappa shape index (κ3) is 2.63. The number of imidazole rings is 1. The highest BCUT2D eigenvalue weighted by molar-refractivity contribution is 5.77. The number of nitrogens with zero attached hydrogens (tertiary/aromatic N) is 2. The second-order valence-electron chi connectivity index (χ2n) is 6.22. The molecule has 0 saturated carbocycles. The molecule has 2 N–H and O–H groups in total. The number of hydrogen-bond donors (Lipinski definition) is 2. The Balaban J connectivity index is 1.69. The molecule has 0 radical (unpaired) electrons. The summed E-state index contributed by atoms with van der Waals surface area (Å²) in [5, 5.41) is 0. The molecule has 0 amide bonds. The quantitative estimate of drug-likeness (QED) is 0.764. The number of aryl methyl sites for hydroxylation is 1. The third-order valence-electron chi connectivity index (χ3n) is 4.56. The summed E-state index contributed by atoms with van der Waals surface area (Å²) < 4.78 is 0. The first-order chi connectivity index (χ1) is 11.2. The molecular formula is C18H20N4O. The number of aromatic amines is 2. The number of hydrogen-bond acceptors (Lipinski definition) is 3. The third-order valence-corrected chi connectivity index (χ3v) is 4.56. The van der Waals surface area contributed by atoms with Crippen LogP contribution in [0.2, 0.25) is 0 Å². The number of nitrogens with one attached hydrogen (secondary N) is 2. The molecule has 23 heavy (non-hydrogen) atoms. The number of pyridine rings is 1. The van der Waals surface area contributed by atoms with Gasteiger partial charge in [0.15, 0.2) is 5.65 Å². The SMILES string of the molecule is Cc1cc2[nH]c(=O)[nH]c2nc1-c1ccc(N2CCCCC2)cc1. The van der Waals surface area contributed by atoms with Crippen LogP contribution in [0, 0.1) is 6.92 Å². The molecule has 1 aromatic carbocycles. The van der Waals surface area contributed by atoms with Gasteiger partial charge < -0.3 is 9.88 Å². The molecule has 1 saturated heterocycles. The van der Waals surface area contributed by atoms with Crippen molar-refractivity contribution in [2.75, 3.05) is 18.0 Å². The molecule has 1 aliphatic heterocycles. The molecule has 1 fully saturated rings. The zero-order valence-electron chi connectivity index (χ0n) is 13.2. The minimum Gasteiger partial charge on any atom is -0.372 e. The minimum atomic E-state index is -0.218. The van der Waals surface area contributed by atoms with Crippen LogP contribution in [0.25, 0.3) is 22.4 Å². The largest absolute Gasteiger partial charge is 0.372 e. The van der Waals surface area contributed by atoms with Gasteiger partial charge in [-0.05, 0) is 49.9 Å². The van der Waals surface area contributed by atoms with Crippen molar-refractivity contribution in [3.8, 4) is 11.3 Å². The van der Waals surface area contributed by atoms with Crippen molar-refractivity contribution < 1.29 is 0 Å². The average molecular weight is 308 g/mol. The highest BCUT2D eigenvalue weighted by atomic mass is 16.1. The molecule has 2 aromatic heterocycles. The van der Waals surface area contributed by atoms with Gasteiger partial charge in [-0.2, -0.15) is 0 Å². The zero-order chi connectivity index (χ0) is 15.8. The topological polar surface area (TPSA) is 64.8 Å². The number of rotatable bonds is 2. The molecule has 1 aliphatic rings. The summed E-state index contributed by atoms with van der Waals surface area (Å²) >= 11 is 0. The Morgan fingerprint density at radius 3 is 2.52 bits per heavy atom. The molecule has 118 valence electrons. The second-order valence-corrected chi connectivity index (χ2v) is 6.22. The number of piperidine rings is 1. The van der Waals surface area contributed by atoms with Gasteiger partial charge in [0.05, 0.1) is 11.2 Å². The van der Waals surface area contributed by atoms with Crippen molar-refractivity contribution in [1.29, 1.82) is 0 Å². The van der Waals surface area contributed by atoms with E-state index >= 15 is 0 Å². The van der Waals surface area contributed by atoms with E-state index in [0.717, 1.165) is 35.4 Å². The first kappa shape index (κ1) is 14.1. The van der Waals surface area contributed by atoms with E-state index in [-0.39, 0.29) is 5.69 Å². The summed E-state index contributed by atoms with van der Waals surface area (Å²) in [5.41, 5.74) is 5.47. The Bertz CT molecular complexity index is 886. The monoisotopic (exact) mass is 308 g/mol. The first-order valence-electron chi connectivity index (χ1n) is 8.16. The maximum absolute atomic E-state index is 11.4. The molecule has 0 atom stereocenters. The lowest BCUT2D eigenvalue weighted by molar-refractivity contribution is 0.578. The lowest BCUT2D eigenvalue weighted by Gasteiger charge is -2.28. The minimum absolute atomic E-state index is 0.218. The van der Waals surface area contributed by atoms with Crippen molar-refractivity contribution in [3.05, 3.63) is 46.4 Å². The summed E-state index contributed by atoms with van der Waals surface area (Å²) in [6.07, 6.45) is 3.90. The normalized spacial score (nSPS) is 15.3. The fourth-order valence-electron chi connectivity index (χ4n) is 3.34. The van der Waals surface area contributed by atoms with E-state index < -0.39 is 0 Å². The lowest BCUT2D eigenvalue weighted by atomic mass is 10.0. The number of benzene rings is 1. The Morgan fingerprint density at radius 1 is 1.04 bits per heavy atom. The molecule has 4 rings (SSSR count). The van der Waals surface area contributed by atoms with Crippen LogP contribution in [-0.4, -0.2) is 28.0 Å². The van der Waals surface area contributed by atoms with E-state index in [0.29, 0.717) is 5.65 Å². The molecule has 5 heteroatoms. The van der Waals surface area contributed by atoms with Crippen molar-refractivity contribution >= 4 is 16.9 Å². The van der Waals surface area contributed by atoms with Gasteiger partial charge in [0.2, 0.25) is 0 Å². The van der Waals surface area contributed by atoms with Crippen molar-refractivity contribution in [1.82, 2.24) is 15.0 Å². The molecule has 0 unspecified atom stereocenters. The first-order valence-corrected chi connectivity index (χ1v) is 8.16. The summed E-state index contributed by atoms with van der Waals surface area (Å²) in [6, 6.07) is 10.6. The Labute approximate surface area is 134 Å². The van der Waals surface area contributed by atoms with Crippen LogP contribution in [-0.2, 0) is 0 Å². The molecule has 3 heterocycles. The molecule has 0 spiro atoms. The second kappa shape index (κ2) is 5.57. The zero-order valence-corrected chi connectivity index (χ0v) is 13.2. The number of aromatic nitrogens is 3. The molecule has 0 bridgehead atoms. The van der Waals surface area contributed by atoms with Crippen LogP contribution in [0.4, 0.5) is 5.69 Å². The van der Waals surface area contributed by atoms with Crippen molar-refractivity contribution in [3.63, 3.8) is 0 Å². The Hall–Kier alpha value is -2.56. The molecule has 0 aliphatic carbocycles. The van der Waals surface area contributed by atoms with E-state index in [1.54, 1.807) is 0 Å². The molecule has 3 aromatic rings. The van der Waals surface area contributed by atoms with E-state index in [1.807, 2.05) is 13.0 Å². The van der Waals surface area contributed by atoms with Crippen LogP contribution in [0.5, 0.6) is 0 Å². The fraction of sp³-hybridized carbons (Fsp3) is 0.333. The van der Waals surface area contributed by atoms with E-state index in [9.17, 15) is 4.79 Å². The maximum atomic E-state index is 11.4. The van der Waals surface area contributed by atoms with Crippen LogP contribution in [0.15, 0.2) is 35.1 Å². The van der Waals surface area contributed by atoms with Gasteiger partial charge in [-0.1, -0.05) is 12.1 Å². The van der Waals surface area contributed by atoms with E-state index in [4.69, 9.17) is 0 Å². The van der Waals surface area contributed by atoms with E-state index in [1.165, 1.54) is 24.9 Å². The van der Waals surface area contributed by atoms with E-state index in [2.05, 4.69) is 44.1 Å². The standard InChI is InChI=1S/C18H20N4O/c1-12-11-15-17(21-18(23)19-15)20-16(12)13-5-7-14(8-6-13)22-9-3-2-4-10-22/h5-8,11H,2-4,9-10H2,1H3,(H2,19,20,21,23). The predicted molar refractivity (Wildman–Crippen MR) is 93.0 cm³/mol. The van der Waals surface area contributed by atoms with Crippen molar-refractivity contribution in [2.45, 2.75) is 26.2 Å². The Morgan fingerprint density at radius 2 is 1.78 bits per heavy atom. The van der Waals surface area contributed by atoms with Gasteiger partial charge in [-0.15, -0.1) is 0 Å². The predicted octanol–water partition coefficient (Wildman–Crippen LogP) is 3.22. The summed E-state index contributed by atoms with van der Waals surface area (Å²) in [6.45, 7) is 4.31. The van der Waals surface area contributed by atoms with Gasteiger partial charge in [0.25, 0.3) is 0 Å². The number of H-pyrrole nitrogens is 2. The summed E-state index contributed by atoms with van der Waals surface area (Å²) in [4.78, 5) is 23.9. The summed E-state index contributed by atoms with van der Waals surface area (Å²) in [7, 11) is 0. The highest BCUT2D eigenvalue weighted by Gasteiger charge is 2.12. The lowest BCUT2D eigenvalue weighted by Crippen LogP contribution is -2.29.